The third kappa shape index (κ3) is 4.83. The van der Waals surface area contributed by atoms with Crippen molar-refractivity contribution >= 4 is 5.91 Å². The van der Waals surface area contributed by atoms with Gasteiger partial charge in [-0.3, -0.25) is 9.48 Å². The van der Waals surface area contributed by atoms with Gasteiger partial charge in [-0.15, -0.1) is 0 Å². The van der Waals surface area contributed by atoms with Gasteiger partial charge in [0.25, 0.3) is 0 Å². The molecule has 1 amide bonds. The number of aryl methyl sites for hydroxylation is 2. The summed E-state index contributed by atoms with van der Waals surface area (Å²) in [5.41, 5.74) is 3.73. The lowest BCUT2D eigenvalue weighted by molar-refractivity contribution is -0.157. The Bertz CT molecular complexity index is 936. The Morgan fingerprint density at radius 2 is 2.10 bits per heavy atom. The number of rotatable bonds is 8. The average molecular weight is 430 g/mol. The predicted octanol–water partition coefficient (Wildman–Crippen LogP) is 3.33. The van der Waals surface area contributed by atoms with E-state index in [0.717, 1.165) is 30.7 Å². The molecule has 7 heteroatoms. The molecule has 0 aliphatic carbocycles. The van der Waals surface area contributed by atoms with E-state index in [4.69, 9.17) is 9.47 Å². The Kier molecular flexibility index (Phi) is 6.44. The van der Waals surface area contributed by atoms with Crippen LogP contribution in [0.2, 0.25) is 0 Å². The van der Waals surface area contributed by atoms with E-state index in [0.29, 0.717) is 50.8 Å². The molecule has 0 N–H and O–H groups in total. The number of amides is 1. The van der Waals surface area contributed by atoms with Gasteiger partial charge in [0.2, 0.25) is 5.91 Å². The molecule has 2 fully saturated rings. The van der Waals surface area contributed by atoms with Crippen molar-refractivity contribution in [1.29, 1.82) is 0 Å². The lowest BCUT2D eigenvalue weighted by atomic mass is 9.85. The van der Waals surface area contributed by atoms with Gasteiger partial charge >= 0.3 is 0 Å². The molecule has 1 unspecified atom stereocenters. The zero-order valence-electron chi connectivity index (χ0n) is 18.7. The van der Waals surface area contributed by atoms with Crippen LogP contribution in [-0.2, 0) is 34.3 Å². The summed E-state index contributed by atoms with van der Waals surface area (Å²) < 4.78 is 27.3. The highest BCUT2D eigenvalue weighted by Crippen LogP contribution is 2.39. The van der Waals surface area contributed by atoms with Crippen LogP contribution in [0.15, 0.2) is 24.3 Å². The van der Waals surface area contributed by atoms with Gasteiger partial charge in [-0.2, -0.15) is 5.10 Å². The van der Waals surface area contributed by atoms with E-state index in [1.165, 1.54) is 11.6 Å². The van der Waals surface area contributed by atoms with Crippen molar-refractivity contribution in [3.05, 3.63) is 52.6 Å². The highest BCUT2D eigenvalue weighted by molar-refractivity contribution is 5.77. The number of likely N-dealkylation sites (tertiary alicyclic amines) is 1. The van der Waals surface area contributed by atoms with Crippen molar-refractivity contribution in [3.63, 3.8) is 0 Å². The normalized spacial score (nSPS) is 19.7. The van der Waals surface area contributed by atoms with Gasteiger partial charge in [0.1, 0.15) is 11.4 Å². The first-order valence-corrected chi connectivity index (χ1v) is 11.1. The minimum Gasteiger partial charge on any atom is -0.377 e. The van der Waals surface area contributed by atoms with Crippen LogP contribution in [0.25, 0.3) is 0 Å². The topological polar surface area (TPSA) is 56.6 Å². The third-order valence-electron chi connectivity index (χ3n) is 6.73. The number of aromatic nitrogens is 2. The molecule has 2 aliphatic heterocycles. The Balaban J connectivity index is 1.16. The van der Waals surface area contributed by atoms with E-state index in [1.54, 1.807) is 12.1 Å². The first-order chi connectivity index (χ1) is 14.9. The van der Waals surface area contributed by atoms with Crippen molar-refractivity contribution < 1.29 is 18.7 Å². The van der Waals surface area contributed by atoms with Crippen LogP contribution in [0.3, 0.4) is 0 Å². The molecule has 4 rings (SSSR count). The zero-order chi connectivity index (χ0) is 22.0. The van der Waals surface area contributed by atoms with Crippen LogP contribution < -0.4 is 0 Å². The van der Waals surface area contributed by atoms with Crippen molar-refractivity contribution in [2.75, 3.05) is 26.3 Å². The summed E-state index contributed by atoms with van der Waals surface area (Å²) in [6, 6.07) is 6.71. The van der Waals surface area contributed by atoms with Gasteiger partial charge in [0, 0.05) is 31.3 Å². The molecule has 1 atom stereocenters. The summed E-state index contributed by atoms with van der Waals surface area (Å²) in [5, 5.41) is 4.43. The van der Waals surface area contributed by atoms with Crippen molar-refractivity contribution in [2.24, 2.45) is 13.0 Å². The van der Waals surface area contributed by atoms with Crippen LogP contribution >= 0.6 is 0 Å². The standard InChI is InChI=1S/C24H32FN3O3/c1-17-21(18(2)27(3)26-17)8-9-23(29)28-15-24(16-28)12-19(13-31-24)10-11-30-14-20-6-4-5-7-22(20)25/h4-7,19H,8-16H2,1-3H3. The highest BCUT2D eigenvalue weighted by atomic mass is 19.1. The first kappa shape index (κ1) is 22.0. The summed E-state index contributed by atoms with van der Waals surface area (Å²) in [6.07, 6.45) is 3.10. The van der Waals surface area contributed by atoms with Crippen LogP contribution in [0.1, 0.15) is 41.8 Å². The minimum absolute atomic E-state index is 0.175. The Hall–Kier alpha value is -2.25. The lowest BCUT2D eigenvalue weighted by Gasteiger charge is -2.47. The molecular formula is C24H32FN3O3. The number of hydrogen-bond acceptors (Lipinski definition) is 4. The van der Waals surface area contributed by atoms with Gasteiger partial charge in [-0.05, 0) is 50.7 Å². The molecule has 2 saturated heterocycles. The second kappa shape index (κ2) is 9.09. The van der Waals surface area contributed by atoms with Gasteiger partial charge in [-0.25, -0.2) is 4.39 Å². The molecule has 31 heavy (non-hydrogen) atoms. The summed E-state index contributed by atoms with van der Waals surface area (Å²) in [5.74, 6) is 0.394. The molecule has 2 aliphatic rings. The second-order valence-corrected chi connectivity index (χ2v) is 9.02. The Labute approximate surface area is 183 Å². The fraction of sp³-hybridized carbons (Fsp3) is 0.583. The van der Waals surface area contributed by atoms with Crippen molar-refractivity contribution in [3.8, 4) is 0 Å². The van der Waals surface area contributed by atoms with E-state index >= 15 is 0 Å². The van der Waals surface area contributed by atoms with E-state index in [2.05, 4.69) is 5.10 Å². The number of carbonyl (C=O) groups is 1. The molecule has 0 bridgehead atoms. The maximum atomic E-state index is 13.6. The zero-order valence-corrected chi connectivity index (χ0v) is 18.7. The smallest absolute Gasteiger partial charge is 0.223 e. The van der Waals surface area contributed by atoms with E-state index in [-0.39, 0.29) is 17.3 Å². The molecule has 1 spiro atoms. The molecule has 168 valence electrons. The van der Waals surface area contributed by atoms with E-state index in [1.807, 2.05) is 36.5 Å². The minimum atomic E-state index is -0.223. The number of benzene rings is 1. The van der Waals surface area contributed by atoms with Gasteiger partial charge in [0.15, 0.2) is 0 Å². The molecular weight excluding hydrogens is 397 g/mol. The summed E-state index contributed by atoms with van der Waals surface area (Å²) in [4.78, 5) is 14.5. The quantitative estimate of drug-likeness (QED) is 0.604. The third-order valence-corrected chi connectivity index (χ3v) is 6.73. The highest BCUT2D eigenvalue weighted by Gasteiger charge is 2.50. The number of nitrogens with zero attached hydrogens (tertiary/aromatic N) is 3. The number of halogens is 1. The summed E-state index contributed by atoms with van der Waals surface area (Å²) in [6.45, 7) is 7.00. The van der Waals surface area contributed by atoms with Gasteiger partial charge in [0.05, 0.1) is 32.0 Å². The monoisotopic (exact) mass is 429 g/mol. The van der Waals surface area contributed by atoms with E-state index < -0.39 is 0 Å². The Morgan fingerprint density at radius 3 is 2.81 bits per heavy atom. The molecule has 1 aromatic carbocycles. The fourth-order valence-corrected chi connectivity index (χ4v) is 4.79. The number of ether oxygens (including phenoxy) is 2. The number of hydrogen-bond donors (Lipinski definition) is 0. The van der Waals surface area contributed by atoms with Gasteiger partial charge < -0.3 is 14.4 Å². The predicted molar refractivity (Wildman–Crippen MR) is 115 cm³/mol. The molecule has 3 heterocycles. The molecule has 6 nitrogen and oxygen atoms in total. The van der Waals surface area contributed by atoms with Crippen LogP contribution in [0.5, 0.6) is 0 Å². The molecule has 1 aromatic heterocycles. The first-order valence-electron chi connectivity index (χ1n) is 11.1. The largest absolute Gasteiger partial charge is 0.377 e. The summed E-state index contributed by atoms with van der Waals surface area (Å²) in [7, 11) is 1.94. The molecule has 2 aromatic rings. The van der Waals surface area contributed by atoms with Crippen LogP contribution in [-0.4, -0.2) is 52.5 Å². The molecule has 0 saturated carbocycles. The second-order valence-electron chi connectivity index (χ2n) is 9.02. The number of carbonyl (C=O) groups excluding carboxylic acids is 1. The average Bonchev–Trinajstić information content (AvgIpc) is 3.25. The van der Waals surface area contributed by atoms with Crippen molar-refractivity contribution in [1.82, 2.24) is 14.7 Å². The molecule has 0 radical (unpaired) electrons. The lowest BCUT2D eigenvalue weighted by Crippen LogP contribution is -2.63. The maximum Gasteiger partial charge on any atom is 0.223 e. The van der Waals surface area contributed by atoms with Crippen molar-refractivity contribution in [2.45, 2.75) is 51.7 Å². The van der Waals surface area contributed by atoms with Crippen LogP contribution in [0, 0.1) is 25.6 Å². The Morgan fingerprint density at radius 1 is 1.32 bits per heavy atom. The van der Waals surface area contributed by atoms with E-state index in [9.17, 15) is 9.18 Å². The summed E-state index contributed by atoms with van der Waals surface area (Å²) >= 11 is 0. The maximum absolute atomic E-state index is 13.6. The fourth-order valence-electron chi connectivity index (χ4n) is 4.79. The van der Waals surface area contributed by atoms with Crippen LogP contribution in [0.4, 0.5) is 4.39 Å². The van der Waals surface area contributed by atoms with Gasteiger partial charge in [-0.1, -0.05) is 18.2 Å². The SMILES string of the molecule is Cc1nn(C)c(C)c1CCC(=O)N1CC2(CC(CCOCc3ccccc3F)CO2)C1.